The molecule has 0 atom stereocenters. The highest BCUT2D eigenvalue weighted by molar-refractivity contribution is 5.75. The molecule has 0 aliphatic rings. The average Bonchev–Trinajstić information content (AvgIpc) is 2.46. The number of benzene rings is 2. The van der Waals surface area contributed by atoms with Crippen LogP contribution in [0.25, 0.3) is 11.1 Å². The molecule has 0 aliphatic heterocycles. The minimum absolute atomic E-state index is 0.0535. The predicted molar refractivity (Wildman–Crippen MR) is 71.6 cm³/mol. The molecule has 0 saturated heterocycles. The number of methoxy groups -OCH3 is 2. The Morgan fingerprint density at radius 1 is 1.00 bits per heavy atom. The van der Waals surface area contributed by atoms with Gasteiger partial charge in [-0.25, -0.2) is 0 Å². The number of ether oxygens (including phenoxy) is 2. The van der Waals surface area contributed by atoms with E-state index in [1.165, 1.54) is 20.3 Å². The molecular formula is C14H13NO4. The molecule has 0 radical (unpaired) electrons. The number of nitro benzene ring substituents is 1. The van der Waals surface area contributed by atoms with E-state index in [0.717, 1.165) is 0 Å². The molecule has 0 amide bonds. The molecule has 0 fully saturated rings. The molecule has 0 spiro atoms. The molecule has 0 bridgehead atoms. The Kier molecular flexibility index (Phi) is 3.66. The molecule has 98 valence electrons. The maximum absolute atomic E-state index is 11.0. The molecule has 2 aromatic rings. The maximum atomic E-state index is 11.0. The van der Waals surface area contributed by atoms with E-state index in [4.69, 9.17) is 9.47 Å². The lowest BCUT2D eigenvalue weighted by atomic mass is 10.0. The molecule has 0 N–H and O–H groups in total. The molecule has 0 saturated carbocycles. The van der Waals surface area contributed by atoms with E-state index < -0.39 is 4.92 Å². The Bertz CT molecular complexity index is 588. The summed E-state index contributed by atoms with van der Waals surface area (Å²) in [6, 6.07) is 11.8. The highest BCUT2D eigenvalue weighted by Gasteiger charge is 2.15. The van der Waals surface area contributed by atoms with Crippen LogP contribution >= 0.6 is 0 Å². The minimum Gasteiger partial charge on any atom is -0.497 e. The SMILES string of the molecule is COc1cc(OC)cc(-c2ccccc2[N+](=O)[O-])c1. The van der Waals surface area contributed by atoms with Crippen molar-refractivity contribution in [2.24, 2.45) is 0 Å². The van der Waals surface area contributed by atoms with Gasteiger partial charge in [0.1, 0.15) is 11.5 Å². The van der Waals surface area contributed by atoms with Crippen molar-refractivity contribution in [3.8, 4) is 22.6 Å². The summed E-state index contributed by atoms with van der Waals surface area (Å²) in [4.78, 5) is 10.6. The minimum atomic E-state index is -0.402. The second-order valence-corrected chi connectivity index (χ2v) is 3.88. The molecule has 0 heterocycles. The average molecular weight is 259 g/mol. The van der Waals surface area contributed by atoms with Crippen LogP contribution in [0.2, 0.25) is 0 Å². The van der Waals surface area contributed by atoms with Crippen LogP contribution in [0.4, 0.5) is 5.69 Å². The fraction of sp³-hybridized carbons (Fsp3) is 0.143. The molecule has 2 rings (SSSR count). The zero-order chi connectivity index (χ0) is 13.8. The van der Waals surface area contributed by atoms with E-state index in [2.05, 4.69) is 0 Å². The van der Waals surface area contributed by atoms with E-state index in [-0.39, 0.29) is 5.69 Å². The van der Waals surface area contributed by atoms with Gasteiger partial charge in [0.15, 0.2) is 0 Å². The zero-order valence-corrected chi connectivity index (χ0v) is 10.6. The van der Waals surface area contributed by atoms with Gasteiger partial charge in [-0.15, -0.1) is 0 Å². The van der Waals surface area contributed by atoms with Gasteiger partial charge in [0, 0.05) is 12.1 Å². The third-order valence-electron chi connectivity index (χ3n) is 2.76. The Balaban J connectivity index is 2.61. The highest BCUT2D eigenvalue weighted by Crippen LogP contribution is 2.34. The van der Waals surface area contributed by atoms with Gasteiger partial charge < -0.3 is 9.47 Å². The first kappa shape index (κ1) is 12.9. The summed E-state index contributed by atoms with van der Waals surface area (Å²) in [5, 5.41) is 11.0. The van der Waals surface area contributed by atoms with Gasteiger partial charge in [0.25, 0.3) is 5.69 Å². The first-order valence-electron chi connectivity index (χ1n) is 5.62. The van der Waals surface area contributed by atoms with Crippen molar-refractivity contribution in [3.05, 3.63) is 52.6 Å². The first-order chi connectivity index (χ1) is 9.15. The van der Waals surface area contributed by atoms with Crippen LogP contribution in [0.5, 0.6) is 11.5 Å². The van der Waals surface area contributed by atoms with Crippen molar-refractivity contribution in [2.75, 3.05) is 14.2 Å². The monoisotopic (exact) mass is 259 g/mol. The summed E-state index contributed by atoms with van der Waals surface area (Å²) in [6.07, 6.45) is 0. The van der Waals surface area contributed by atoms with E-state index in [1.54, 1.807) is 36.4 Å². The van der Waals surface area contributed by atoms with Crippen molar-refractivity contribution in [3.63, 3.8) is 0 Å². The maximum Gasteiger partial charge on any atom is 0.277 e. The van der Waals surface area contributed by atoms with Gasteiger partial charge in [-0.05, 0) is 23.8 Å². The van der Waals surface area contributed by atoms with E-state index in [9.17, 15) is 10.1 Å². The largest absolute Gasteiger partial charge is 0.497 e. The molecule has 0 unspecified atom stereocenters. The number of hydrogen-bond acceptors (Lipinski definition) is 4. The van der Waals surface area contributed by atoms with Crippen molar-refractivity contribution in [1.29, 1.82) is 0 Å². The van der Waals surface area contributed by atoms with Gasteiger partial charge in [-0.3, -0.25) is 10.1 Å². The Labute approximate surface area is 110 Å². The van der Waals surface area contributed by atoms with Crippen LogP contribution in [0.3, 0.4) is 0 Å². The number of nitrogens with zero attached hydrogens (tertiary/aromatic N) is 1. The molecule has 5 heteroatoms. The van der Waals surface area contributed by atoms with Gasteiger partial charge in [-0.2, -0.15) is 0 Å². The molecular weight excluding hydrogens is 246 g/mol. The third kappa shape index (κ3) is 2.65. The van der Waals surface area contributed by atoms with Gasteiger partial charge >= 0.3 is 0 Å². The summed E-state index contributed by atoms with van der Waals surface area (Å²) < 4.78 is 10.3. The smallest absolute Gasteiger partial charge is 0.277 e. The van der Waals surface area contributed by atoms with Gasteiger partial charge in [0.05, 0.1) is 24.7 Å². The lowest BCUT2D eigenvalue weighted by molar-refractivity contribution is -0.384. The van der Waals surface area contributed by atoms with E-state index in [1.807, 2.05) is 0 Å². The zero-order valence-electron chi connectivity index (χ0n) is 10.6. The van der Waals surface area contributed by atoms with Crippen LogP contribution in [-0.4, -0.2) is 19.1 Å². The molecule has 19 heavy (non-hydrogen) atoms. The summed E-state index contributed by atoms with van der Waals surface area (Å²) in [6.45, 7) is 0. The van der Waals surface area contributed by atoms with Gasteiger partial charge in [0.2, 0.25) is 0 Å². The molecule has 0 aliphatic carbocycles. The second-order valence-electron chi connectivity index (χ2n) is 3.88. The summed E-state index contributed by atoms with van der Waals surface area (Å²) >= 11 is 0. The Hall–Kier alpha value is -2.56. The quantitative estimate of drug-likeness (QED) is 0.624. The van der Waals surface area contributed by atoms with Crippen LogP contribution in [0, 0.1) is 10.1 Å². The van der Waals surface area contributed by atoms with Crippen molar-refractivity contribution < 1.29 is 14.4 Å². The molecule has 2 aromatic carbocycles. The van der Waals surface area contributed by atoms with E-state index in [0.29, 0.717) is 22.6 Å². The standard InChI is InChI=1S/C14H13NO4/c1-18-11-7-10(8-12(9-11)19-2)13-5-3-4-6-14(13)15(16)17/h3-9H,1-2H3. The van der Waals surface area contributed by atoms with Crippen molar-refractivity contribution in [1.82, 2.24) is 0 Å². The van der Waals surface area contributed by atoms with Gasteiger partial charge in [-0.1, -0.05) is 12.1 Å². The lowest BCUT2D eigenvalue weighted by Gasteiger charge is -2.08. The number of para-hydroxylation sites is 1. The third-order valence-corrected chi connectivity index (χ3v) is 2.76. The van der Waals surface area contributed by atoms with Crippen molar-refractivity contribution in [2.45, 2.75) is 0 Å². The Morgan fingerprint density at radius 3 is 2.11 bits per heavy atom. The predicted octanol–water partition coefficient (Wildman–Crippen LogP) is 3.28. The van der Waals surface area contributed by atoms with Crippen LogP contribution in [0.15, 0.2) is 42.5 Å². The fourth-order valence-corrected chi connectivity index (χ4v) is 1.84. The number of nitro groups is 1. The summed E-state index contributed by atoms with van der Waals surface area (Å²) in [5.74, 6) is 1.18. The second kappa shape index (κ2) is 5.39. The van der Waals surface area contributed by atoms with Crippen LogP contribution in [-0.2, 0) is 0 Å². The van der Waals surface area contributed by atoms with Crippen LogP contribution < -0.4 is 9.47 Å². The fourth-order valence-electron chi connectivity index (χ4n) is 1.84. The van der Waals surface area contributed by atoms with Crippen LogP contribution in [0.1, 0.15) is 0 Å². The topological polar surface area (TPSA) is 61.6 Å². The lowest BCUT2D eigenvalue weighted by Crippen LogP contribution is -1.93. The van der Waals surface area contributed by atoms with Crippen molar-refractivity contribution >= 4 is 5.69 Å². The Morgan fingerprint density at radius 2 is 1.58 bits per heavy atom. The van der Waals surface area contributed by atoms with E-state index >= 15 is 0 Å². The summed E-state index contributed by atoms with van der Waals surface area (Å²) in [7, 11) is 3.08. The molecule has 5 nitrogen and oxygen atoms in total. The number of hydrogen-bond donors (Lipinski definition) is 0. The number of rotatable bonds is 4. The first-order valence-corrected chi connectivity index (χ1v) is 5.62. The highest BCUT2D eigenvalue weighted by atomic mass is 16.6. The molecule has 0 aromatic heterocycles. The normalized spacial score (nSPS) is 10.0. The summed E-state index contributed by atoms with van der Waals surface area (Å²) in [5.41, 5.74) is 1.27.